The first-order chi connectivity index (χ1) is 11.6. The van der Waals surface area contributed by atoms with Gasteiger partial charge >= 0.3 is 5.97 Å². The number of carbonyl (C=O) groups excluding carboxylic acids is 2. The van der Waals surface area contributed by atoms with E-state index >= 15 is 0 Å². The summed E-state index contributed by atoms with van der Waals surface area (Å²) in [5.74, 6) is -0.453. The number of nitrogens with one attached hydrogen (secondary N) is 1. The summed E-state index contributed by atoms with van der Waals surface area (Å²) >= 11 is 1.38. The van der Waals surface area contributed by atoms with Gasteiger partial charge in [-0.05, 0) is 43.5 Å². The number of carbonyl (C=O) groups is 2. The van der Waals surface area contributed by atoms with Gasteiger partial charge in [0.15, 0.2) is 0 Å². The molecule has 24 heavy (non-hydrogen) atoms. The molecule has 1 unspecified atom stereocenters. The molecule has 1 atom stereocenters. The molecule has 3 rings (SSSR count). The van der Waals surface area contributed by atoms with Crippen LogP contribution in [-0.2, 0) is 9.53 Å². The van der Waals surface area contributed by atoms with Crippen molar-refractivity contribution in [3.63, 3.8) is 0 Å². The smallest absolute Gasteiger partial charge is 0.348 e. The summed E-state index contributed by atoms with van der Waals surface area (Å²) in [6.45, 7) is 3.93. The molecule has 0 aliphatic carbocycles. The number of benzene rings is 1. The van der Waals surface area contributed by atoms with Crippen LogP contribution in [0.4, 0.5) is 5.69 Å². The zero-order valence-electron chi connectivity index (χ0n) is 13.4. The third kappa shape index (κ3) is 3.30. The highest BCUT2D eigenvalue weighted by Crippen LogP contribution is 2.29. The van der Waals surface area contributed by atoms with E-state index in [2.05, 4.69) is 10.3 Å². The van der Waals surface area contributed by atoms with Crippen LogP contribution in [0.25, 0.3) is 10.1 Å². The lowest BCUT2D eigenvalue weighted by Crippen LogP contribution is -2.22. The minimum absolute atomic E-state index is 0.131. The number of nitrogens with zero attached hydrogens (tertiary/aromatic N) is 2. The zero-order chi connectivity index (χ0) is 17.1. The molecule has 0 radical (unpaired) electrons. The lowest BCUT2D eigenvalue weighted by molar-refractivity contribution is -0.118. The van der Waals surface area contributed by atoms with Crippen LogP contribution < -0.4 is 5.32 Å². The van der Waals surface area contributed by atoms with E-state index in [1.165, 1.54) is 11.3 Å². The Morgan fingerprint density at radius 2 is 2.21 bits per heavy atom. The normalized spacial score (nSPS) is 12.1. The molecule has 0 fully saturated rings. The quantitative estimate of drug-likeness (QED) is 0.720. The van der Waals surface area contributed by atoms with Crippen LogP contribution in [0.2, 0.25) is 0 Å². The van der Waals surface area contributed by atoms with Gasteiger partial charge in [0.2, 0.25) is 5.91 Å². The van der Waals surface area contributed by atoms with Crippen molar-refractivity contribution in [2.75, 3.05) is 11.9 Å². The van der Waals surface area contributed by atoms with Gasteiger partial charge in [-0.3, -0.25) is 4.79 Å². The maximum atomic E-state index is 12.3. The molecular weight excluding hydrogens is 326 g/mol. The van der Waals surface area contributed by atoms with E-state index in [9.17, 15) is 9.59 Å². The SMILES string of the molecule is CCOC(=O)c1cc2cc(NC(=O)C(C)n3ccnc3)ccc2s1. The number of rotatable bonds is 5. The van der Waals surface area contributed by atoms with E-state index in [0.29, 0.717) is 17.2 Å². The third-order valence-electron chi connectivity index (χ3n) is 3.61. The van der Waals surface area contributed by atoms with E-state index in [4.69, 9.17) is 4.74 Å². The Bertz CT molecular complexity index is 870. The van der Waals surface area contributed by atoms with Crippen LogP contribution >= 0.6 is 11.3 Å². The van der Waals surface area contributed by atoms with Gasteiger partial charge in [0.05, 0.1) is 12.9 Å². The van der Waals surface area contributed by atoms with Gasteiger partial charge in [0.1, 0.15) is 10.9 Å². The topological polar surface area (TPSA) is 73.2 Å². The zero-order valence-corrected chi connectivity index (χ0v) is 14.2. The molecule has 2 aromatic heterocycles. The largest absolute Gasteiger partial charge is 0.462 e. The number of amides is 1. The van der Waals surface area contributed by atoms with Crippen LogP contribution in [0.5, 0.6) is 0 Å². The molecule has 0 aliphatic heterocycles. The lowest BCUT2D eigenvalue weighted by atomic mass is 10.2. The van der Waals surface area contributed by atoms with Crippen molar-refractivity contribution in [2.24, 2.45) is 0 Å². The Labute approximate surface area is 143 Å². The Morgan fingerprint density at radius 1 is 1.38 bits per heavy atom. The predicted molar refractivity (Wildman–Crippen MR) is 93.3 cm³/mol. The van der Waals surface area contributed by atoms with E-state index in [0.717, 1.165) is 10.1 Å². The number of thiophene rings is 1. The Hall–Kier alpha value is -2.67. The van der Waals surface area contributed by atoms with Gasteiger partial charge in [0.25, 0.3) is 0 Å². The van der Waals surface area contributed by atoms with Crippen molar-refractivity contribution in [1.82, 2.24) is 9.55 Å². The lowest BCUT2D eigenvalue weighted by Gasteiger charge is -2.13. The molecule has 124 valence electrons. The second-order valence-electron chi connectivity index (χ2n) is 5.26. The molecule has 0 saturated heterocycles. The molecule has 6 nitrogen and oxygen atoms in total. The first kappa shape index (κ1) is 16.2. The number of ether oxygens (including phenoxy) is 1. The summed E-state index contributed by atoms with van der Waals surface area (Å²) in [6, 6.07) is 6.99. The first-order valence-corrected chi connectivity index (χ1v) is 8.39. The van der Waals surface area contributed by atoms with Gasteiger partial charge in [0, 0.05) is 22.8 Å². The van der Waals surface area contributed by atoms with Crippen LogP contribution in [0.3, 0.4) is 0 Å². The number of hydrogen-bond acceptors (Lipinski definition) is 5. The van der Waals surface area contributed by atoms with E-state index in [1.807, 2.05) is 18.2 Å². The Balaban J connectivity index is 1.78. The summed E-state index contributed by atoms with van der Waals surface area (Å²) in [4.78, 5) is 28.6. The molecule has 1 amide bonds. The van der Waals surface area contributed by atoms with Crippen LogP contribution in [0.15, 0.2) is 43.0 Å². The standard InChI is InChI=1S/C17H17N3O3S/c1-3-23-17(22)15-9-12-8-13(4-5-14(12)24-15)19-16(21)11(2)20-7-6-18-10-20/h4-11H,3H2,1-2H3,(H,19,21). The molecule has 7 heteroatoms. The molecular formula is C17H17N3O3S. The molecule has 1 aromatic carbocycles. The Morgan fingerprint density at radius 3 is 2.92 bits per heavy atom. The molecule has 0 bridgehead atoms. The molecule has 1 N–H and O–H groups in total. The van der Waals surface area contributed by atoms with Crippen LogP contribution in [0, 0.1) is 0 Å². The molecule has 2 heterocycles. The number of esters is 1. The van der Waals surface area contributed by atoms with E-state index < -0.39 is 0 Å². The maximum absolute atomic E-state index is 12.3. The second kappa shape index (κ2) is 6.84. The fourth-order valence-corrected chi connectivity index (χ4v) is 3.24. The minimum atomic E-state index is -0.360. The average Bonchev–Trinajstić information content (AvgIpc) is 3.23. The molecule has 0 spiro atoms. The molecule has 3 aromatic rings. The van der Waals surface area contributed by atoms with Gasteiger partial charge in [-0.1, -0.05) is 0 Å². The summed E-state index contributed by atoms with van der Waals surface area (Å²) in [7, 11) is 0. The monoisotopic (exact) mass is 343 g/mol. The number of aromatic nitrogens is 2. The van der Waals surface area contributed by atoms with E-state index in [1.54, 1.807) is 43.2 Å². The maximum Gasteiger partial charge on any atom is 0.348 e. The summed E-state index contributed by atoms with van der Waals surface area (Å²) in [5.41, 5.74) is 0.688. The Kier molecular flexibility index (Phi) is 4.61. The first-order valence-electron chi connectivity index (χ1n) is 7.57. The van der Waals surface area contributed by atoms with Crippen molar-refractivity contribution >= 4 is 39.0 Å². The average molecular weight is 343 g/mol. The van der Waals surface area contributed by atoms with Crippen LogP contribution in [0.1, 0.15) is 29.6 Å². The highest BCUT2D eigenvalue weighted by Gasteiger charge is 2.15. The minimum Gasteiger partial charge on any atom is -0.462 e. The van der Waals surface area contributed by atoms with Crippen molar-refractivity contribution in [3.05, 3.63) is 47.9 Å². The van der Waals surface area contributed by atoms with Crippen LogP contribution in [-0.4, -0.2) is 28.0 Å². The second-order valence-corrected chi connectivity index (χ2v) is 6.34. The van der Waals surface area contributed by atoms with Crippen molar-refractivity contribution in [2.45, 2.75) is 19.9 Å². The number of anilines is 1. The van der Waals surface area contributed by atoms with Crippen molar-refractivity contribution in [3.8, 4) is 0 Å². The fourth-order valence-electron chi connectivity index (χ4n) is 2.30. The highest BCUT2D eigenvalue weighted by atomic mass is 32.1. The van der Waals surface area contributed by atoms with Crippen molar-refractivity contribution in [1.29, 1.82) is 0 Å². The third-order valence-corrected chi connectivity index (χ3v) is 4.71. The van der Waals surface area contributed by atoms with Gasteiger partial charge < -0.3 is 14.6 Å². The summed E-state index contributed by atoms with van der Waals surface area (Å²) in [5, 5.41) is 3.79. The highest BCUT2D eigenvalue weighted by molar-refractivity contribution is 7.20. The molecule has 0 saturated carbocycles. The predicted octanol–water partition coefficient (Wildman–Crippen LogP) is 3.47. The van der Waals surface area contributed by atoms with Gasteiger partial charge in [-0.15, -0.1) is 11.3 Å². The summed E-state index contributed by atoms with van der Waals surface area (Å²) in [6.07, 6.45) is 4.99. The van der Waals surface area contributed by atoms with E-state index in [-0.39, 0.29) is 17.9 Å². The fraction of sp³-hybridized carbons (Fsp3) is 0.235. The number of imidazole rings is 1. The summed E-state index contributed by atoms with van der Waals surface area (Å²) < 4.78 is 7.72. The molecule has 0 aliphatic rings. The number of hydrogen-bond donors (Lipinski definition) is 1. The van der Waals surface area contributed by atoms with Gasteiger partial charge in [-0.25, -0.2) is 9.78 Å². The van der Waals surface area contributed by atoms with Crippen molar-refractivity contribution < 1.29 is 14.3 Å². The van der Waals surface area contributed by atoms with Gasteiger partial charge in [-0.2, -0.15) is 0 Å². The number of fused-ring (bicyclic) bond motifs is 1.